The molecule has 12 atom stereocenters. The first-order valence-corrected chi connectivity index (χ1v) is 33.4. The molecular weight excluding hydrogens is 1090 g/mol. The highest BCUT2D eigenvalue weighted by Crippen LogP contribution is 2.30. The maximum Gasteiger partial charge on any atom is 0.220 e. The Balaban J connectivity index is 1.76. The fraction of sp³-hybridized carbons (Fsp3) is 0.681. The summed E-state index contributed by atoms with van der Waals surface area (Å²) in [6, 6.07) is -0.964. The van der Waals surface area contributed by atoms with Crippen LogP contribution in [0.4, 0.5) is 0 Å². The number of ether oxygens (including phenoxy) is 4. The lowest BCUT2D eigenvalue weighted by molar-refractivity contribution is -0.359. The molecule has 2 saturated heterocycles. The summed E-state index contributed by atoms with van der Waals surface area (Å²) in [5.41, 5.74) is 0. The molecule has 2 fully saturated rings. The largest absolute Gasteiger partial charge is 0.394 e. The fourth-order valence-electron chi connectivity index (χ4n) is 9.99. The van der Waals surface area contributed by atoms with Crippen molar-refractivity contribution in [3.05, 3.63) is 134 Å². The number of hydrogen-bond donors (Lipinski definition) is 9. The van der Waals surface area contributed by atoms with Crippen LogP contribution in [0, 0.1) is 0 Å². The third-order valence-electron chi connectivity index (χ3n) is 15.3. The molecule has 0 bridgehead atoms. The van der Waals surface area contributed by atoms with Gasteiger partial charge in [0.25, 0.3) is 0 Å². The average molecular weight is 1210 g/mol. The summed E-state index contributed by atoms with van der Waals surface area (Å²) in [6.07, 6.45) is 64.9. The van der Waals surface area contributed by atoms with Gasteiger partial charge in [-0.1, -0.05) is 237 Å². The van der Waals surface area contributed by atoms with Crippen molar-refractivity contribution in [3.8, 4) is 0 Å². The molecule has 0 aliphatic carbocycles. The van der Waals surface area contributed by atoms with E-state index in [1.807, 2.05) is 6.08 Å². The van der Waals surface area contributed by atoms with E-state index < -0.39 is 86.8 Å². The molecule has 2 aliphatic rings. The van der Waals surface area contributed by atoms with Gasteiger partial charge in [-0.25, -0.2) is 0 Å². The molecule has 0 aromatic carbocycles. The zero-order valence-electron chi connectivity index (χ0n) is 53.0. The van der Waals surface area contributed by atoms with E-state index in [-0.39, 0.29) is 18.9 Å². The van der Waals surface area contributed by atoms with Crippen LogP contribution in [0.2, 0.25) is 0 Å². The molecule has 2 aliphatic heterocycles. The minimum Gasteiger partial charge on any atom is -0.394 e. The van der Waals surface area contributed by atoms with Crippen molar-refractivity contribution in [2.45, 2.75) is 293 Å². The molecule has 490 valence electrons. The van der Waals surface area contributed by atoms with Gasteiger partial charge in [-0.05, 0) is 109 Å². The van der Waals surface area contributed by atoms with Gasteiger partial charge in [0.1, 0.15) is 48.8 Å². The average Bonchev–Trinajstić information content (AvgIpc) is 2.53. The molecule has 0 aromatic rings. The molecule has 0 saturated carbocycles. The third-order valence-corrected chi connectivity index (χ3v) is 15.3. The Morgan fingerprint density at radius 3 is 1.28 bits per heavy atom. The second-order valence-corrected chi connectivity index (χ2v) is 22.8. The predicted octanol–water partition coefficient (Wildman–Crippen LogP) is 13.1. The SMILES string of the molecule is CC/C=C\C/C=C\C/C=C\C/C=C\C/C=C\C/C=C\C/C=C\C/C=C\CCCCCCC(=O)NC(COC1OC(CO)C(OC2OC(CO)C(O)C(O)C2O)C(O)C1O)C(O)/C=C/CC/C=C/CC/C=C/CCCCCCCCCCCCCCC. The predicted molar refractivity (Wildman–Crippen MR) is 350 cm³/mol. The van der Waals surface area contributed by atoms with Gasteiger partial charge in [0.15, 0.2) is 12.6 Å². The van der Waals surface area contributed by atoms with Crippen molar-refractivity contribution in [3.63, 3.8) is 0 Å². The molecule has 1 amide bonds. The van der Waals surface area contributed by atoms with E-state index in [0.29, 0.717) is 12.8 Å². The molecule has 0 radical (unpaired) electrons. The van der Waals surface area contributed by atoms with Crippen LogP contribution >= 0.6 is 0 Å². The standard InChI is InChI=1S/C72H119NO13/c1-3-5-7-9-11-13-15-17-19-21-23-25-27-28-29-30-31-32-34-36-38-40-42-44-46-48-50-52-54-56-64(77)73-60(59-83-71-69(82)67(80)70(63(58-75)85-71)86-72-68(81)66(79)65(78)62(57-74)84-72)61(76)55-53-51-49-47-45-43-41-39-37-35-33-26-24-22-20-18-16-14-12-10-8-6-4-2/h5,7,11,13,17,19,23,25,28-29,31-32,36-39,42,44-45,47,53,55,60-63,65-72,74-76,78-82H,3-4,6,8-10,12,14-16,18,20-22,24,26-27,30,33-35,40-41,43,46,48-52,54,56-59H2,1-2H3,(H,73,77)/b7-5-,13-11-,19-17-,25-23-,29-28-,32-31-,38-36-,39-37+,44-42-,47-45+,55-53+. The normalized spacial score (nSPS) is 24.3. The van der Waals surface area contributed by atoms with Crippen molar-refractivity contribution < 1.29 is 64.6 Å². The van der Waals surface area contributed by atoms with Crippen LogP contribution in [0.3, 0.4) is 0 Å². The van der Waals surface area contributed by atoms with Gasteiger partial charge in [0.05, 0.1) is 32.0 Å². The Bertz CT molecular complexity index is 1950. The van der Waals surface area contributed by atoms with Gasteiger partial charge >= 0.3 is 0 Å². The summed E-state index contributed by atoms with van der Waals surface area (Å²) in [6.45, 7) is 2.64. The summed E-state index contributed by atoms with van der Waals surface area (Å²) in [7, 11) is 0. The summed E-state index contributed by atoms with van der Waals surface area (Å²) in [5.74, 6) is -0.283. The number of amides is 1. The van der Waals surface area contributed by atoms with Gasteiger partial charge < -0.3 is 65.1 Å². The fourth-order valence-corrected chi connectivity index (χ4v) is 9.99. The van der Waals surface area contributed by atoms with Crippen molar-refractivity contribution >= 4 is 5.91 Å². The highest BCUT2D eigenvalue weighted by atomic mass is 16.7. The number of carbonyl (C=O) groups excluding carboxylic acids is 1. The lowest BCUT2D eigenvalue weighted by atomic mass is 9.97. The van der Waals surface area contributed by atoms with Crippen LogP contribution in [0.15, 0.2) is 134 Å². The quantitative estimate of drug-likeness (QED) is 0.0204. The highest BCUT2D eigenvalue weighted by Gasteiger charge is 2.51. The van der Waals surface area contributed by atoms with Gasteiger partial charge in [-0.2, -0.15) is 0 Å². The van der Waals surface area contributed by atoms with Crippen LogP contribution < -0.4 is 5.32 Å². The van der Waals surface area contributed by atoms with E-state index >= 15 is 0 Å². The number of carbonyl (C=O) groups is 1. The number of nitrogens with one attached hydrogen (secondary N) is 1. The summed E-state index contributed by atoms with van der Waals surface area (Å²) < 4.78 is 22.8. The van der Waals surface area contributed by atoms with Gasteiger partial charge in [-0.3, -0.25) is 4.79 Å². The zero-order chi connectivity index (χ0) is 62.3. The first kappa shape index (κ1) is 78.2. The Hall–Kier alpha value is -3.87. The Labute approximate surface area is 520 Å². The van der Waals surface area contributed by atoms with E-state index in [1.54, 1.807) is 6.08 Å². The number of rotatable bonds is 52. The molecule has 14 heteroatoms. The van der Waals surface area contributed by atoms with E-state index in [4.69, 9.17) is 18.9 Å². The first-order chi connectivity index (χ1) is 42.1. The first-order valence-electron chi connectivity index (χ1n) is 33.4. The smallest absolute Gasteiger partial charge is 0.220 e. The molecular formula is C72H119NO13. The highest BCUT2D eigenvalue weighted by molar-refractivity contribution is 5.76. The molecule has 0 aromatic heterocycles. The number of unbranched alkanes of at least 4 members (excludes halogenated alkanes) is 19. The molecule has 12 unspecified atom stereocenters. The van der Waals surface area contributed by atoms with E-state index in [0.717, 1.165) is 103 Å². The van der Waals surface area contributed by atoms with E-state index in [1.165, 1.54) is 83.5 Å². The number of aliphatic hydroxyl groups is 8. The van der Waals surface area contributed by atoms with E-state index in [9.17, 15) is 45.6 Å². The van der Waals surface area contributed by atoms with Crippen molar-refractivity contribution in [1.82, 2.24) is 5.32 Å². The van der Waals surface area contributed by atoms with Crippen molar-refractivity contribution in [2.75, 3.05) is 19.8 Å². The summed E-state index contributed by atoms with van der Waals surface area (Å²) in [5, 5.41) is 87.3. The Kier molecular flexibility index (Phi) is 50.2. The molecule has 2 rings (SSSR count). The second kappa shape index (κ2) is 55.2. The molecule has 0 spiro atoms. The van der Waals surface area contributed by atoms with Gasteiger partial charge in [0, 0.05) is 6.42 Å². The Morgan fingerprint density at radius 1 is 0.430 bits per heavy atom. The summed E-state index contributed by atoms with van der Waals surface area (Å²) >= 11 is 0. The van der Waals surface area contributed by atoms with Crippen molar-refractivity contribution in [1.29, 1.82) is 0 Å². The van der Waals surface area contributed by atoms with Crippen LogP contribution in [0.5, 0.6) is 0 Å². The van der Waals surface area contributed by atoms with Gasteiger partial charge in [-0.15, -0.1) is 0 Å². The lowest BCUT2D eigenvalue weighted by Crippen LogP contribution is -2.65. The van der Waals surface area contributed by atoms with Crippen LogP contribution in [-0.2, 0) is 23.7 Å². The maximum atomic E-state index is 13.3. The lowest BCUT2D eigenvalue weighted by Gasteiger charge is -2.46. The number of aliphatic hydroxyl groups excluding tert-OH is 8. The minimum absolute atomic E-state index is 0.231. The maximum absolute atomic E-state index is 13.3. The molecule has 14 nitrogen and oxygen atoms in total. The van der Waals surface area contributed by atoms with Crippen LogP contribution in [-0.4, -0.2) is 140 Å². The van der Waals surface area contributed by atoms with Crippen LogP contribution in [0.1, 0.15) is 219 Å². The monoisotopic (exact) mass is 1210 g/mol. The topological polar surface area (TPSA) is 228 Å². The number of hydrogen-bond acceptors (Lipinski definition) is 13. The number of allylic oxidation sites excluding steroid dienone is 21. The molecule has 86 heavy (non-hydrogen) atoms. The van der Waals surface area contributed by atoms with E-state index in [2.05, 4.69) is 141 Å². The van der Waals surface area contributed by atoms with Crippen LogP contribution in [0.25, 0.3) is 0 Å². The zero-order valence-corrected chi connectivity index (χ0v) is 53.0. The minimum atomic E-state index is -1.80. The molecule has 9 N–H and O–H groups in total. The van der Waals surface area contributed by atoms with Crippen molar-refractivity contribution in [2.24, 2.45) is 0 Å². The second-order valence-electron chi connectivity index (χ2n) is 22.8. The Morgan fingerprint density at radius 2 is 0.814 bits per heavy atom. The van der Waals surface area contributed by atoms with Gasteiger partial charge in [0.2, 0.25) is 5.91 Å². The summed E-state index contributed by atoms with van der Waals surface area (Å²) in [4.78, 5) is 13.3. The molecule has 2 heterocycles. The third kappa shape index (κ3) is 39.2.